The minimum atomic E-state index is -0.212. The fourth-order valence-electron chi connectivity index (χ4n) is 1.93. The Morgan fingerprint density at radius 3 is 2.88 bits per heavy atom. The highest BCUT2D eigenvalue weighted by molar-refractivity contribution is 5.66. The van der Waals surface area contributed by atoms with E-state index in [4.69, 9.17) is 4.42 Å². The van der Waals surface area contributed by atoms with Crippen LogP contribution in [-0.2, 0) is 6.54 Å². The molecule has 1 aromatic carbocycles. The van der Waals surface area contributed by atoms with E-state index < -0.39 is 0 Å². The molecule has 88 valence electrons. The Labute approximate surface area is 99.5 Å². The van der Waals surface area contributed by atoms with Crippen LogP contribution in [-0.4, -0.2) is 6.04 Å². The smallest absolute Gasteiger partial charge is 0.123 e. The van der Waals surface area contributed by atoms with E-state index >= 15 is 0 Å². The third-order valence-electron chi connectivity index (χ3n) is 3.06. The van der Waals surface area contributed by atoms with E-state index in [9.17, 15) is 4.39 Å². The largest absolute Gasteiger partial charge is 0.472 e. The molecule has 0 radical (unpaired) electrons. The molecule has 3 heteroatoms. The molecule has 2 aromatic rings. The summed E-state index contributed by atoms with van der Waals surface area (Å²) < 4.78 is 18.4. The number of rotatable bonds is 4. The van der Waals surface area contributed by atoms with Gasteiger partial charge in [-0.05, 0) is 42.2 Å². The first-order valence-electron chi connectivity index (χ1n) is 5.87. The summed E-state index contributed by atoms with van der Waals surface area (Å²) >= 11 is 0. The molecule has 1 heterocycles. The van der Waals surface area contributed by atoms with Crippen LogP contribution in [0.2, 0.25) is 0 Å². The van der Waals surface area contributed by atoms with Crippen molar-refractivity contribution in [1.29, 1.82) is 0 Å². The van der Waals surface area contributed by atoms with Gasteiger partial charge in [0.15, 0.2) is 0 Å². The molecule has 1 aliphatic rings. The molecule has 0 bridgehead atoms. The highest BCUT2D eigenvalue weighted by atomic mass is 19.1. The van der Waals surface area contributed by atoms with Crippen LogP contribution >= 0.6 is 0 Å². The molecule has 0 unspecified atom stereocenters. The van der Waals surface area contributed by atoms with Gasteiger partial charge < -0.3 is 9.73 Å². The maximum Gasteiger partial charge on any atom is 0.123 e. The first-order chi connectivity index (χ1) is 8.33. The van der Waals surface area contributed by atoms with Crippen LogP contribution in [0.4, 0.5) is 4.39 Å². The standard InChI is InChI=1S/C14H14FNO/c15-12-2-1-10(8-16-13-3-4-13)14(7-12)11-5-6-17-9-11/h1-2,5-7,9,13,16H,3-4,8H2. The molecule has 0 atom stereocenters. The van der Waals surface area contributed by atoms with Gasteiger partial charge in [0.2, 0.25) is 0 Å². The van der Waals surface area contributed by atoms with Gasteiger partial charge in [-0.25, -0.2) is 4.39 Å². The van der Waals surface area contributed by atoms with E-state index in [1.807, 2.05) is 12.1 Å². The van der Waals surface area contributed by atoms with Crippen molar-refractivity contribution < 1.29 is 8.81 Å². The molecule has 17 heavy (non-hydrogen) atoms. The van der Waals surface area contributed by atoms with Crippen LogP contribution in [0.25, 0.3) is 11.1 Å². The van der Waals surface area contributed by atoms with E-state index in [-0.39, 0.29) is 5.82 Å². The number of hydrogen-bond acceptors (Lipinski definition) is 2. The lowest BCUT2D eigenvalue weighted by Gasteiger charge is -2.09. The zero-order valence-electron chi connectivity index (χ0n) is 9.45. The van der Waals surface area contributed by atoms with Gasteiger partial charge in [-0.1, -0.05) is 6.07 Å². The molecule has 1 aromatic heterocycles. The summed E-state index contributed by atoms with van der Waals surface area (Å²) in [7, 11) is 0. The quantitative estimate of drug-likeness (QED) is 0.873. The zero-order chi connectivity index (χ0) is 11.7. The van der Waals surface area contributed by atoms with Gasteiger partial charge in [0.1, 0.15) is 5.82 Å². The second-order valence-corrected chi connectivity index (χ2v) is 4.47. The Bertz CT molecular complexity index is 503. The molecule has 0 aliphatic heterocycles. The molecule has 1 aliphatic carbocycles. The van der Waals surface area contributed by atoms with E-state index in [1.165, 1.54) is 18.9 Å². The summed E-state index contributed by atoms with van der Waals surface area (Å²) in [6, 6.07) is 7.42. The van der Waals surface area contributed by atoms with Crippen LogP contribution in [0.1, 0.15) is 18.4 Å². The van der Waals surface area contributed by atoms with Crippen molar-refractivity contribution in [3.63, 3.8) is 0 Å². The van der Waals surface area contributed by atoms with Crippen molar-refractivity contribution in [2.75, 3.05) is 0 Å². The van der Waals surface area contributed by atoms with Crippen LogP contribution in [0.3, 0.4) is 0 Å². The molecule has 1 saturated carbocycles. The Hall–Kier alpha value is -1.61. The lowest BCUT2D eigenvalue weighted by atomic mass is 10.0. The molecule has 1 N–H and O–H groups in total. The zero-order valence-corrected chi connectivity index (χ0v) is 9.45. The second kappa shape index (κ2) is 4.34. The minimum absolute atomic E-state index is 0.212. The van der Waals surface area contributed by atoms with Crippen molar-refractivity contribution in [2.45, 2.75) is 25.4 Å². The Morgan fingerprint density at radius 1 is 1.29 bits per heavy atom. The normalized spacial score (nSPS) is 15.1. The summed E-state index contributed by atoms with van der Waals surface area (Å²) in [5, 5.41) is 3.44. The molecule has 0 amide bonds. The monoisotopic (exact) mass is 231 g/mol. The van der Waals surface area contributed by atoms with Crippen molar-refractivity contribution in [3.8, 4) is 11.1 Å². The van der Waals surface area contributed by atoms with Crippen molar-refractivity contribution in [2.24, 2.45) is 0 Å². The van der Waals surface area contributed by atoms with Crippen molar-refractivity contribution in [3.05, 3.63) is 48.2 Å². The predicted molar refractivity (Wildman–Crippen MR) is 64.0 cm³/mol. The number of benzene rings is 1. The molecular formula is C14H14FNO. The summed E-state index contributed by atoms with van der Waals surface area (Å²) in [5.74, 6) is -0.212. The summed E-state index contributed by atoms with van der Waals surface area (Å²) in [4.78, 5) is 0. The fraction of sp³-hybridized carbons (Fsp3) is 0.286. The number of halogens is 1. The number of hydrogen-bond donors (Lipinski definition) is 1. The highest BCUT2D eigenvalue weighted by Gasteiger charge is 2.20. The lowest BCUT2D eigenvalue weighted by molar-refractivity contribution is 0.568. The third kappa shape index (κ3) is 2.39. The van der Waals surface area contributed by atoms with Crippen LogP contribution in [0.15, 0.2) is 41.2 Å². The summed E-state index contributed by atoms with van der Waals surface area (Å²) in [6.07, 6.45) is 5.76. The van der Waals surface area contributed by atoms with Gasteiger partial charge in [-0.15, -0.1) is 0 Å². The summed E-state index contributed by atoms with van der Waals surface area (Å²) in [6.45, 7) is 0.783. The van der Waals surface area contributed by atoms with Gasteiger partial charge in [0, 0.05) is 18.2 Å². The van der Waals surface area contributed by atoms with Crippen molar-refractivity contribution >= 4 is 0 Å². The topological polar surface area (TPSA) is 25.2 Å². The molecule has 3 rings (SSSR count). The maximum atomic E-state index is 13.3. The average Bonchev–Trinajstić information content (AvgIpc) is 3.00. The number of furan rings is 1. The van der Waals surface area contributed by atoms with Gasteiger partial charge in [0.25, 0.3) is 0 Å². The van der Waals surface area contributed by atoms with Crippen LogP contribution < -0.4 is 5.32 Å². The molecule has 0 spiro atoms. The third-order valence-corrected chi connectivity index (χ3v) is 3.06. The Kier molecular flexibility index (Phi) is 2.69. The fourth-order valence-corrected chi connectivity index (χ4v) is 1.93. The van der Waals surface area contributed by atoms with Crippen molar-refractivity contribution in [1.82, 2.24) is 5.32 Å². The summed E-state index contributed by atoms with van der Waals surface area (Å²) in [5.41, 5.74) is 2.95. The van der Waals surface area contributed by atoms with E-state index in [0.29, 0.717) is 6.04 Å². The first-order valence-corrected chi connectivity index (χ1v) is 5.87. The van der Waals surface area contributed by atoms with E-state index in [1.54, 1.807) is 18.6 Å². The predicted octanol–water partition coefficient (Wildman–Crippen LogP) is 3.34. The van der Waals surface area contributed by atoms with E-state index in [0.717, 1.165) is 23.2 Å². The van der Waals surface area contributed by atoms with Crippen LogP contribution in [0, 0.1) is 5.82 Å². The Balaban J connectivity index is 1.89. The molecular weight excluding hydrogens is 217 g/mol. The van der Waals surface area contributed by atoms with Gasteiger partial charge in [-0.2, -0.15) is 0 Å². The maximum absolute atomic E-state index is 13.3. The second-order valence-electron chi connectivity index (χ2n) is 4.47. The number of nitrogens with one attached hydrogen (secondary N) is 1. The van der Waals surface area contributed by atoms with E-state index in [2.05, 4.69) is 5.32 Å². The molecule has 2 nitrogen and oxygen atoms in total. The average molecular weight is 231 g/mol. The molecule has 0 saturated heterocycles. The highest BCUT2D eigenvalue weighted by Crippen LogP contribution is 2.26. The minimum Gasteiger partial charge on any atom is -0.472 e. The van der Waals surface area contributed by atoms with Gasteiger partial charge in [-0.3, -0.25) is 0 Å². The first kappa shape index (κ1) is 10.5. The van der Waals surface area contributed by atoms with Gasteiger partial charge in [0.05, 0.1) is 12.5 Å². The SMILES string of the molecule is Fc1ccc(CNC2CC2)c(-c2ccoc2)c1. The molecule has 1 fully saturated rings. The van der Waals surface area contributed by atoms with Crippen LogP contribution in [0.5, 0.6) is 0 Å². The van der Waals surface area contributed by atoms with Gasteiger partial charge >= 0.3 is 0 Å². The lowest BCUT2D eigenvalue weighted by Crippen LogP contribution is -2.15. The Morgan fingerprint density at radius 2 is 2.18 bits per heavy atom.